The molecule has 0 amide bonds. The van der Waals surface area contributed by atoms with Gasteiger partial charge in [0, 0.05) is 24.9 Å². The molecule has 0 atom stereocenters. The Bertz CT molecular complexity index is 781. The first-order valence-corrected chi connectivity index (χ1v) is 9.58. The maximum absolute atomic E-state index is 12.6. The second-order valence-corrected chi connectivity index (χ2v) is 9.67. The predicted octanol–water partition coefficient (Wildman–Crippen LogP) is 2.18. The number of nitrogens with zero attached hydrogens (tertiary/aromatic N) is 4. The van der Waals surface area contributed by atoms with Crippen molar-refractivity contribution in [1.29, 1.82) is 0 Å². The van der Waals surface area contributed by atoms with Crippen LogP contribution in [0.4, 0.5) is 0 Å². The minimum atomic E-state index is -3.51. The summed E-state index contributed by atoms with van der Waals surface area (Å²) in [5.41, 5.74) is 0. The molecule has 1 aliphatic heterocycles. The van der Waals surface area contributed by atoms with Gasteiger partial charge in [-0.2, -0.15) is 4.31 Å². The molecule has 1 aliphatic rings. The van der Waals surface area contributed by atoms with Crippen LogP contribution in [0.25, 0.3) is 0 Å². The van der Waals surface area contributed by atoms with Gasteiger partial charge in [0.15, 0.2) is 0 Å². The lowest BCUT2D eigenvalue weighted by molar-refractivity contribution is 0.447. The highest BCUT2D eigenvalue weighted by molar-refractivity contribution is 9.11. The molecule has 0 fully saturated rings. The highest BCUT2D eigenvalue weighted by Crippen LogP contribution is 2.31. The van der Waals surface area contributed by atoms with Gasteiger partial charge < -0.3 is 4.57 Å². The second kappa shape index (κ2) is 5.45. The Hall–Kier alpha value is -0.770. The predicted molar refractivity (Wildman–Crippen MR) is 83.8 cm³/mol. The van der Waals surface area contributed by atoms with Crippen LogP contribution < -0.4 is 0 Å². The van der Waals surface area contributed by atoms with E-state index in [4.69, 9.17) is 0 Å². The quantitative estimate of drug-likeness (QED) is 0.801. The lowest BCUT2D eigenvalue weighted by Gasteiger charge is -2.16. The normalized spacial score (nSPS) is 14.9. The molecule has 6 nitrogen and oxygen atoms in total. The van der Waals surface area contributed by atoms with Crippen LogP contribution in [0.2, 0.25) is 0 Å². The molecule has 0 aromatic carbocycles. The van der Waals surface area contributed by atoms with Crippen LogP contribution in [-0.4, -0.2) is 34.5 Å². The van der Waals surface area contributed by atoms with E-state index in [2.05, 4.69) is 26.1 Å². The Morgan fingerprint density at radius 1 is 1.48 bits per heavy atom. The summed E-state index contributed by atoms with van der Waals surface area (Å²) in [7, 11) is -1.93. The maximum atomic E-state index is 12.6. The van der Waals surface area contributed by atoms with Gasteiger partial charge in [-0.1, -0.05) is 0 Å². The number of hydrogen-bond donors (Lipinski definition) is 0. The Morgan fingerprint density at radius 2 is 2.24 bits per heavy atom. The highest BCUT2D eigenvalue weighted by atomic mass is 79.9. The molecule has 9 heteroatoms. The lowest BCUT2D eigenvalue weighted by atomic mass is 10.4. The average Bonchev–Trinajstić information content (AvgIpc) is 3.07. The number of halogens is 1. The Morgan fingerprint density at radius 3 is 2.90 bits per heavy atom. The van der Waals surface area contributed by atoms with E-state index in [-0.39, 0.29) is 6.54 Å². The smallest absolute Gasteiger partial charge is 0.244 e. The van der Waals surface area contributed by atoms with Gasteiger partial charge in [0.05, 0.1) is 15.2 Å². The summed E-state index contributed by atoms with van der Waals surface area (Å²) in [6, 6.07) is 1.65. The number of fused-ring (bicyclic) bond motifs is 1. The van der Waals surface area contributed by atoms with Gasteiger partial charge in [0.25, 0.3) is 0 Å². The third kappa shape index (κ3) is 2.67. The minimum Gasteiger partial charge on any atom is -0.314 e. The number of rotatable bonds is 4. The molecule has 2 aromatic rings. The molecule has 0 unspecified atom stereocenters. The molecule has 0 aliphatic carbocycles. The van der Waals surface area contributed by atoms with E-state index in [9.17, 15) is 8.42 Å². The first-order chi connectivity index (χ1) is 9.89. The fourth-order valence-electron chi connectivity index (χ4n) is 2.47. The van der Waals surface area contributed by atoms with Gasteiger partial charge in [-0.05, 0) is 35.3 Å². The monoisotopic (exact) mass is 390 g/mol. The van der Waals surface area contributed by atoms with Gasteiger partial charge >= 0.3 is 0 Å². The lowest BCUT2D eigenvalue weighted by Crippen LogP contribution is -2.28. The summed E-state index contributed by atoms with van der Waals surface area (Å²) < 4.78 is 29.5. The minimum absolute atomic E-state index is 0.238. The Labute approximate surface area is 136 Å². The zero-order valence-corrected chi connectivity index (χ0v) is 14.9. The summed E-state index contributed by atoms with van der Waals surface area (Å²) in [6.07, 6.45) is 1.96. The largest absolute Gasteiger partial charge is 0.314 e. The molecule has 3 heterocycles. The molecule has 3 rings (SSSR count). The van der Waals surface area contributed by atoms with Crippen molar-refractivity contribution in [3.8, 4) is 0 Å². The molecule has 0 saturated carbocycles. The first-order valence-electron chi connectivity index (χ1n) is 6.53. The zero-order chi connectivity index (χ0) is 15.2. The van der Waals surface area contributed by atoms with Crippen LogP contribution in [-0.2, 0) is 29.5 Å². The van der Waals surface area contributed by atoms with Gasteiger partial charge in [0.2, 0.25) is 10.0 Å². The molecule has 114 valence electrons. The van der Waals surface area contributed by atoms with Gasteiger partial charge in [-0.3, -0.25) is 0 Å². The van der Waals surface area contributed by atoms with E-state index in [1.807, 2.05) is 11.5 Å². The van der Waals surface area contributed by atoms with E-state index >= 15 is 0 Å². The van der Waals surface area contributed by atoms with E-state index in [1.165, 1.54) is 15.6 Å². The van der Waals surface area contributed by atoms with Crippen molar-refractivity contribution in [2.24, 2.45) is 0 Å². The van der Waals surface area contributed by atoms with E-state index in [0.717, 1.165) is 33.9 Å². The molecular weight excluding hydrogens is 376 g/mol. The van der Waals surface area contributed by atoms with E-state index in [0.29, 0.717) is 10.7 Å². The topological polar surface area (TPSA) is 68.1 Å². The van der Waals surface area contributed by atoms with Crippen LogP contribution in [0.15, 0.2) is 14.7 Å². The molecule has 0 radical (unpaired) electrons. The standard InChI is InChI=1S/C12H15BrN4O2S2/c1-8-9(6-10(13)20-8)21(18,19)16(2)7-12-15-14-11-4-3-5-17(11)12/h6H,3-5,7H2,1-2H3. The van der Waals surface area contributed by atoms with Crippen LogP contribution in [0.1, 0.15) is 22.9 Å². The van der Waals surface area contributed by atoms with Crippen LogP contribution >= 0.6 is 27.3 Å². The summed E-state index contributed by atoms with van der Waals surface area (Å²) in [5, 5.41) is 8.23. The third-order valence-electron chi connectivity index (χ3n) is 3.58. The first kappa shape index (κ1) is 15.1. The Kier molecular flexibility index (Phi) is 3.93. The van der Waals surface area contributed by atoms with Crippen molar-refractivity contribution in [1.82, 2.24) is 19.1 Å². The molecule has 0 N–H and O–H groups in total. The number of aromatic nitrogens is 3. The highest BCUT2D eigenvalue weighted by Gasteiger charge is 2.27. The summed E-state index contributed by atoms with van der Waals surface area (Å²) in [4.78, 5) is 1.13. The van der Waals surface area contributed by atoms with Crippen molar-refractivity contribution in [3.63, 3.8) is 0 Å². The third-order valence-corrected chi connectivity index (χ3v) is 7.19. The van der Waals surface area contributed by atoms with Gasteiger partial charge in [0.1, 0.15) is 11.6 Å². The molecule has 0 saturated heterocycles. The SMILES string of the molecule is Cc1sc(Br)cc1S(=O)(=O)N(C)Cc1nnc2n1CCC2. The van der Waals surface area contributed by atoms with Crippen molar-refractivity contribution >= 4 is 37.3 Å². The summed E-state index contributed by atoms with van der Waals surface area (Å²) >= 11 is 4.75. The van der Waals surface area contributed by atoms with Crippen molar-refractivity contribution < 1.29 is 8.42 Å². The van der Waals surface area contributed by atoms with Crippen molar-refractivity contribution in [3.05, 3.63) is 26.4 Å². The Balaban J connectivity index is 1.87. The van der Waals surface area contributed by atoms with Crippen LogP contribution in [0, 0.1) is 6.92 Å². The van der Waals surface area contributed by atoms with Gasteiger partial charge in [-0.25, -0.2) is 8.42 Å². The number of aryl methyl sites for hydroxylation is 2. The molecular formula is C12H15BrN4O2S2. The number of thiophene rings is 1. The number of sulfonamides is 1. The van der Waals surface area contributed by atoms with Crippen LogP contribution in [0.5, 0.6) is 0 Å². The number of hydrogen-bond acceptors (Lipinski definition) is 5. The average molecular weight is 391 g/mol. The molecule has 2 aromatic heterocycles. The molecule has 0 spiro atoms. The second-order valence-electron chi connectivity index (χ2n) is 5.02. The summed E-state index contributed by atoms with van der Waals surface area (Å²) in [5.74, 6) is 1.66. The maximum Gasteiger partial charge on any atom is 0.244 e. The van der Waals surface area contributed by atoms with E-state index in [1.54, 1.807) is 13.1 Å². The fraction of sp³-hybridized carbons (Fsp3) is 0.500. The van der Waals surface area contributed by atoms with Crippen molar-refractivity contribution in [2.45, 2.75) is 37.8 Å². The molecule has 0 bridgehead atoms. The van der Waals surface area contributed by atoms with Crippen LogP contribution in [0.3, 0.4) is 0 Å². The fourth-order valence-corrected chi connectivity index (χ4v) is 5.97. The van der Waals surface area contributed by atoms with E-state index < -0.39 is 10.0 Å². The summed E-state index contributed by atoms with van der Waals surface area (Å²) in [6.45, 7) is 2.92. The van der Waals surface area contributed by atoms with Gasteiger partial charge in [-0.15, -0.1) is 21.5 Å². The van der Waals surface area contributed by atoms with Crippen molar-refractivity contribution in [2.75, 3.05) is 7.05 Å². The molecule has 21 heavy (non-hydrogen) atoms. The zero-order valence-electron chi connectivity index (χ0n) is 11.7.